The second kappa shape index (κ2) is 13.6. The number of carbonyl (C=O) groups excluding carboxylic acids is 1. The smallest absolute Gasteiger partial charge is 0.214 e. The number of hydrogen-bond donors (Lipinski definition) is 2. The van der Waals surface area contributed by atoms with Gasteiger partial charge in [0, 0.05) is 44.6 Å². The monoisotopic (exact) mass is 603 g/mol. The minimum atomic E-state index is -3.35. The Morgan fingerprint density at radius 2 is 1.83 bits per heavy atom. The second-order valence-electron chi connectivity index (χ2n) is 12.2. The lowest BCUT2D eigenvalue weighted by molar-refractivity contribution is -0.120. The molecule has 2 aromatic carbocycles. The first-order valence-corrected chi connectivity index (χ1v) is 16.8. The van der Waals surface area contributed by atoms with Crippen molar-refractivity contribution < 1.29 is 26.7 Å². The van der Waals surface area contributed by atoms with Crippen LogP contribution in [-0.2, 0) is 32.4 Å². The quantitative estimate of drug-likeness (QED) is 0.424. The molecule has 2 aromatic rings. The molecule has 230 valence electrons. The van der Waals surface area contributed by atoms with E-state index in [1.165, 1.54) is 18.2 Å². The lowest BCUT2D eigenvalue weighted by Gasteiger charge is -2.37. The van der Waals surface area contributed by atoms with Gasteiger partial charge in [0.2, 0.25) is 10.0 Å². The van der Waals surface area contributed by atoms with Gasteiger partial charge in [-0.25, -0.2) is 17.2 Å². The molecular formula is C32H43F2N3O4S. The third-order valence-corrected chi connectivity index (χ3v) is 11.6. The van der Waals surface area contributed by atoms with Gasteiger partial charge in [-0.05, 0) is 92.2 Å². The van der Waals surface area contributed by atoms with Crippen LogP contribution in [-0.4, -0.2) is 68.7 Å². The number of nitrogens with zero attached hydrogens (tertiary/aromatic N) is 1. The summed E-state index contributed by atoms with van der Waals surface area (Å²) in [6.07, 6.45) is 5.84. The molecule has 10 heteroatoms. The molecule has 3 N–H and O–H groups in total. The molecule has 5 atom stereocenters. The fraction of sp³-hybridized carbons (Fsp3) is 0.594. The number of nitrogens with two attached hydrogens (primary N) is 1. The molecule has 2 aliphatic heterocycles. The Balaban J connectivity index is 1.32. The number of hydrogen-bond acceptors (Lipinski definition) is 6. The van der Waals surface area contributed by atoms with Crippen molar-refractivity contribution in [3.63, 3.8) is 0 Å². The van der Waals surface area contributed by atoms with Gasteiger partial charge in [0.1, 0.15) is 11.6 Å². The highest BCUT2D eigenvalue weighted by Gasteiger charge is 2.38. The number of carbonyl (C=O) groups is 1. The van der Waals surface area contributed by atoms with E-state index in [9.17, 15) is 17.6 Å². The van der Waals surface area contributed by atoms with E-state index in [2.05, 4.69) is 5.32 Å². The van der Waals surface area contributed by atoms with Crippen molar-refractivity contribution >= 4 is 15.8 Å². The summed E-state index contributed by atoms with van der Waals surface area (Å²) in [5.41, 5.74) is 8.56. The molecule has 2 heterocycles. The second-order valence-corrected chi connectivity index (χ2v) is 14.3. The fourth-order valence-corrected chi connectivity index (χ4v) is 9.06. The largest absolute Gasteiger partial charge is 0.381 e. The van der Waals surface area contributed by atoms with Crippen LogP contribution in [0.5, 0.6) is 0 Å². The molecule has 0 amide bonds. The Morgan fingerprint density at radius 3 is 2.55 bits per heavy atom. The number of sulfonamides is 1. The van der Waals surface area contributed by atoms with E-state index in [0.717, 1.165) is 37.7 Å². The van der Waals surface area contributed by atoms with E-state index in [1.807, 2.05) is 0 Å². The number of Topliss-reactive ketones (excluding diaryl/α,β-unsaturated/α-hetero) is 1. The SMILES string of the molecule is COC1CCC([C@H](c2ccc(F)cc2)[C@H](N)C(=O)Cc2cccc(F)c2CC[C@H]2CN[C@@H]3CCCS(=O)(=O)N2C3)CC1. The molecule has 7 nitrogen and oxygen atoms in total. The molecule has 1 saturated carbocycles. The van der Waals surface area contributed by atoms with Gasteiger partial charge in [-0.3, -0.25) is 4.79 Å². The number of halogens is 2. The predicted octanol–water partition coefficient (Wildman–Crippen LogP) is 4.09. The molecule has 2 bridgehead atoms. The van der Waals surface area contributed by atoms with Crippen molar-refractivity contribution in [2.45, 2.75) is 87.9 Å². The number of nitrogens with one attached hydrogen (secondary N) is 1. The Kier molecular flexibility index (Phi) is 10.1. The number of rotatable bonds is 10. The maximum atomic E-state index is 15.2. The van der Waals surface area contributed by atoms with Crippen molar-refractivity contribution in [2.75, 3.05) is 26.0 Å². The Morgan fingerprint density at radius 1 is 1.10 bits per heavy atom. The zero-order chi connectivity index (χ0) is 29.9. The van der Waals surface area contributed by atoms with Crippen LogP contribution in [0, 0.1) is 17.6 Å². The van der Waals surface area contributed by atoms with Crippen LogP contribution >= 0.6 is 0 Å². The van der Waals surface area contributed by atoms with Crippen molar-refractivity contribution in [2.24, 2.45) is 11.7 Å². The summed E-state index contributed by atoms with van der Waals surface area (Å²) in [5.74, 6) is -0.944. The zero-order valence-corrected chi connectivity index (χ0v) is 25.1. The van der Waals surface area contributed by atoms with Gasteiger partial charge >= 0.3 is 0 Å². The van der Waals surface area contributed by atoms with Crippen LogP contribution in [0.4, 0.5) is 8.78 Å². The number of fused-ring (bicyclic) bond motifs is 2. The summed E-state index contributed by atoms with van der Waals surface area (Å²) >= 11 is 0. The van der Waals surface area contributed by atoms with E-state index in [-0.39, 0.29) is 53.8 Å². The van der Waals surface area contributed by atoms with Crippen molar-refractivity contribution in [1.29, 1.82) is 0 Å². The van der Waals surface area contributed by atoms with Crippen LogP contribution in [0.25, 0.3) is 0 Å². The Hall–Kier alpha value is -2.24. The number of methoxy groups -OCH3 is 1. The normalized spacial score (nSPS) is 28.9. The molecule has 3 aliphatic rings. The highest BCUT2D eigenvalue weighted by Crippen LogP contribution is 2.39. The zero-order valence-electron chi connectivity index (χ0n) is 24.3. The minimum absolute atomic E-state index is 0.0215. The van der Waals surface area contributed by atoms with Gasteiger partial charge in [-0.1, -0.05) is 24.3 Å². The minimum Gasteiger partial charge on any atom is -0.381 e. The van der Waals surface area contributed by atoms with Crippen molar-refractivity contribution in [3.05, 3.63) is 70.8 Å². The number of ketones is 1. The van der Waals surface area contributed by atoms with Gasteiger partial charge in [-0.15, -0.1) is 0 Å². The van der Waals surface area contributed by atoms with E-state index in [1.54, 1.807) is 35.7 Å². The van der Waals surface area contributed by atoms with Crippen LogP contribution in [0.2, 0.25) is 0 Å². The number of ether oxygens (including phenoxy) is 1. The molecule has 0 radical (unpaired) electrons. The summed E-state index contributed by atoms with van der Waals surface area (Å²) in [4.78, 5) is 13.7. The van der Waals surface area contributed by atoms with Crippen molar-refractivity contribution in [3.8, 4) is 0 Å². The van der Waals surface area contributed by atoms with Crippen LogP contribution in [0.1, 0.15) is 67.6 Å². The van der Waals surface area contributed by atoms with E-state index in [0.29, 0.717) is 43.5 Å². The maximum Gasteiger partial charge on any atom is 0.214 e. The summed E-state index contributed by atoms with van der Waals surface area (Å²) in [6, 6.07) is 10.0. The van der Waals surface area contributed by atoms with Crippen molar-refractivity contribution in [1.82, 2.24) is 9.62 Å². The highest BCUT2D eigenvalue weighted by molar-refractivity contribution is 7.89. The first-order valence-electron chi connectivity index (χ1n) is 15.2. The average molecular weight is 604 g/mol. The summed E-state index contributed by atoms with van der Waals surface area (Å²) in [6.45, 7) is 0.976. The molecule has 42 heavy (non-hydrogen) atoms. The molecule has 3 fully saturated rings. The van der Waals surface area contributed by atoms with Gasteiger partial charge in [0.05, 0.1) is 17.9 Å². The lowest BCUT2D eigenvalue weighted by Crippen LogP contribution is -2.57. The maximum absolute atomic E-state index is 15.2. The molecular weight excluding hydrogens is 560 g/mol. The highest BCUT2D eigenvalue weighted by atomic mass is 32.2. The molecule has 1 unspecified atom stereocenters. The fourth-order valence-electron chi connectivity index (χ4n) is 7.25. The Labute approximate surface area is 248 Å². The standard InChI is InChI=1S/C32H43F2N3O4S/c1-41-27-14-9-22(10-15-27)31(21-7-11-24(33)12-8-21)32(35)30(38)18-23-4-2-6-29(34)28(23)16-13-26-19-36-25-5-3-17-42(39,40)37(26)20-25/h2,4,6-8,11-12,22,25-27,31-32,36H,3,5,9-10,13-20,35H2,1H3/t22?,25-,26+,27?,31+,32-/m1/s1. The third-order valence-electron chi connectivity index (χ3n) is 9.64. The van der Waals surface area contributed by atoms with E-state index < -0.39 is 21.9 Å². The molecule has 0 spiro atoms. The molecule has 5 rings (SSSR count). The third kappa shape index (κ3) is 7.10. The summed E-state index contributed by atoms with van der Waals surface area (Å²) in [7, 11) is -1.64. The van der Waals surface area contributed by atoms with Gasteiger partial charge in [0.15, 0.2) is 5.78 Å². The van der Waals surface area contributed by atoms with Crippen LogP contribution in [0.3, 0.4) is 0 Å². The lowest BCUT2D eigenvalue weighted by atomic mass is 9.71. The summed E-state index contributed by atoms with van der Waals surface area (Å²) in [5, 5.41) is 3.46. The van der Waals surface area contributed by atoms with Gasteiger partial charge < -0.3 is 15.8 Å². The van der Waals surface area contributed by atoms with E-state index in [4.69, 9.17) is 10.5 Å². The molecule has 2 saturated heterocycles. The first-order chi connectivity index (χ1) is 20.2. The van der Waals surface area contributed by atoms with Gasteiger partial charge in [-0.2, -0.15) is 4.31 Å². The average Bonchev–Trinajstić information content (AvgIpc) is 3.10. The van der Waals surface area contributed by atoms with Gasteiger partial charge in [0.25, 0.3) is 0 Å². The number of piperazine rings is 1. The molecule has 1 aliphatic carbocycles. The molecule has 0 aromatic heterocycles. The Bertz CT molecular complexity index is 1330. The van der Waals surface area contributed by atoms with Crippen LogP contribution < -0.4 is 11.1 Å². The first kappa shape index (κ1) is 31.2. The van der Waals surface area contributed by atoms with E-state index >= 15 is 4.39 Å². The van der Waals surface area contributed by atoms with Crippen LogP contribution in [0.15, 0.2) is 42.5 Å². The predicted molar refractivity (Wildman–Crippen MR) is 159 cm³/mol. The topological polar surface area (TPSA) is 102 Å². The number of benzene rings is 2. The summed E-state index contributed by atoms with van der Waals surface area (Å²) < 4.78 is 61.9.